The molecule has 0 spiro atoms. The van der Waals surface area contributed by atoms with Crippen molar-refractivity contribution >= 4 is 5.91 Å². The van der Waals surface area contributed by atoms with Crippen molar-refractivity contribution < 1.29 is 14.6 Å². The number of hydrogen-bond donors (Lipinski definition) is 3. The number of aliphatic hydroxyl groups is 1. The molecule has 1 amide bonds. The molecule has 3 N–H and O–H groups in total. The van der Waals surface area contributed by atoms with Crippen molar-refractivity contribution in [1.82, 2.24) is 10.6 Å². The molecule has 0 saturated carbocycles. The van der Waals surface area contributed by atoms with Crippen LogP contribution in [0.1, 0.15) is 0 Å². The van der Waals surface area contributed by atoms with E-state index in [1.54, 1.807) is 6.08 Å². The second-order valence-corrected chi connectivity index (χ2v) is 2.53. The Balaban J connectivity index is 3.71. The summed E-state index contributed by atoms with van der Waals surface area (Å²) in [7, 11) is 1.51. The first-order valence-corrected chi connectivity index (χ1v) is 4.13. The molecule has 2 unspecified atom stereocenters. The number of amides is 1. The highest BCUT2D eigenvalue weighted by atomic mass is 16.5. The maximum Gasteiger partial charge on any atom is 0.245 e. The molecule has 0 rings (SSSR count). The largest absolute Gasteiger partial charge is 0.372 e. The molecule has 0 radical (unpaired) electrons. The summed E-state index contributed by atoms with van der Waals surface area (Å²) in [6, 6.07) is 0. The highest BCUT2D eigenvalue weighted by Crippen LogP contribution is 1.85. The van der Waals surface area contributed by atoms with Crippen molar-refractivity contribution in [3.05, 3.63) is 25.3 Å². The molecular weight excluding hydrogens is 184 g/mol. The maximum atomic E-state index is 10.7. The van der Waals surface area contributed by atoms with Gasteiger partial charge in [0, 0.05) is 13.7 Å². The summed E-state index contributed by atoms with van der Waals surface area (Å²) in [6.45, 7) is 6.94. The van der Waals surface area contributed by atoms with Gasteiger partial charge in [0.25, 0.3) is 0 Å². The van der Waals surface area contributed by atoms with Crippen LogP contribution in [-0.2, 0) is 9.53 Å². The van der Waals surface area contributed by atoms with Crippen molar-refractivity contribution in [1.29, 1.82) is 0 Å². The van der Waals surface area contributed by atoms with Crippen LogP contribution in [0, 0.1) is 0 Å². The normalized spacial score (nSPS) is 14.1. The van der Waals surface area contributed by atoms with E-state index in [4.69, 9.17) is 4.74 Å². The summed E-state index contributed by atoms with van der Waals surface area (Å²) in [5, 5.41) is 14.3. The number of hydrogen-bond acceptors (Lipinski definition) is 4. The van der Waals surface area contributed by atoms with Gasteiger partial charge in [-0.15, -0.1) is 0 Å². The molecule has 0 aliphatic rings. The number of carbonyl (C=O) groups excluding carboxylic acids is 1. The van der Waals surface area contributed by atoms with Crippen molar-refractivity contribution in [2.45, 2.75) is 12.5 Å². The van der Waals surface area contributed by atoms with E-state index < -0.39 is 12.1 Å². The third-order valence-corrected chi connectivity index (χ3v) is 1.47. The van der Waals surface area contributed by atoms with E-state index in [0.717, 1.165) is 6.08 Å². The lowest BCUT2D eigenvalue weighted by Crippen LogP contribution is -2.44. The van der Waals surface area contributed by atoms with E-state index in [2.05, 4.69) is 23.8 Å². The van der Waals surface area contributed by atoms with Crippen LogP contribution in [-0.4, -0.2) is 37.1 Å². The fraction of sp³-hybridized carbons (Fsp3) is 0.444. The highest BCUT2D eigenvalue weighted by Gasteiger charge is 2.07. The van der Waals surface area contributed by atoms with Gasteiger partial charge in [0.15, 0.2) is 0 Å². The van der Waals surface area contributed by atoms with Crippen LogP contribution in [0.25, 0.3) is 0 Å². The fourth-order valence-electron chi connectivity index (χ4n) is 0.765. The molecule has 0 aliphatic carbocycles. The smallest absolute Gasteiger partial charge is 0.245 e. The molecule has 0 saturated heterocycles. The van der Waals surface area contributed by atoms with Crippen molar-refractivity contribution in [2.75, 3.05) is 13.7 Å². The van der Waals surface area contributed by atoms with Gasteiger partial charge in [-0.2, -0.15) is 0 Å². The Kier molecular flexibility index (Phi) is 6.65. The minimum absolute atomic E-state index is 0.171. The second kappa shape index (κ2) is 7.25. The molecule has 0 aliphatic heterocycles. The molecule has 0 aromatic rings. The van der Waals surface area contributed by atoms with Gasteiger partial charge in [0.2, 0.25) is 5.91 Å². The molecule has 0 fully saturated rings. The third-order valence-electron chi connectivity index (χ3n) is 1.47. The zero-order valence-electron chi connectivity index (χ0n) is 8.19. The predicted molar refractivity (Wildman–Crippen MR) is 53.3 cm³/mol. The molecule has 14 heavy (non-hydrogen) atoms. The van der Waals surface area contributed by atoms with Crippen molar-refractivity contribution in [3.63, 3.8) is 0 Å². The molecule has 0 heterocycles. The van der Waals surface area contributed by atoms with E-state index in [1.165, 1.54) is 7.11 Å². The maximum absolute atomic E-state index is 10.7. The zero-order chi connectivity index (χ0) is 11.0. The summed E-state index contributed by atoms with van der Waals surface area (Å²) in [4.78, 5) is 10.7. The second-order valence-electron chi connectivity index (χ2n) is 2.53. The lowest BCUT2D eigenvalue weighted by molar-refractivity contribution is -0.119. The Labute approximate surface area is 83.4 Å². The molecule has 0 aromatic heterocycles. The van der Waals surface area contributed by atoms with Crippen LogP contribution in [0.15, 0.2) is 25.3 Å². The number of nitrogens with one attached hydrogen (secondary N) is 2. The molecule has 5 heteroatoms. The van der Waals surface area contributed by atoms with Gasteiger partial charge < -0.3 is 15.2 Å². The number of ether oxygens (including phenoxy) is 1. The Bertz CT molecular complexity index is 206. The Hall–Kier alpha value is -1.17. The Morgan fingerprint density at radius 2 is 2.29 bits per heavy atom. The average molecular weight is 200 g/mol. The summed E-state index contributed by atoms with van der Waals surface area (Å²) in [5.74, 6) is -0.424. The average Bonchev–Trinajstić information content (AvgIpc) is 2.19. The number of methoxy groups -OCH3 is 1. The number of aliphatic hydroxyl groups excluding tert-OH is 1. The van der Waals surface area contributed by atoms with Crippen molar-refractivity contribution in [3.8, 4) is 0 Å². The van der Waals surface area contributed by atoms with Crippen LogP contribution in [0.4, 0.5) is 0 Å². The van der Waals surface area contributed by atoms with Gasteiger partial charge >= 0.3 is 0 Å². The van der Waals surface area contributed by atoms with Crippen LogP contribution >= 0.6 is 0 Å². The van der Waals surface area contributed by atoms with Gasteiger partial charge in [-0.25, -0.2) is 0 Å². The monoisotopic (exact) mass is 200 g/mol. The fourth-order valence-corrected chi connectivity index (χ4v) is 0.765. The first-order chi connectivity index (χ1) is 6.63. The van der Waals surface area contributed by atoms with E-state index >= 15 is 0 Å². The molecule has 2 atom stereocenters. The topological polar surface area (TPSA) is 70.6 Å². The van der Waals surface area contributed by atoms with Gasteiger partial charge in [-0.05, 0) is 12.2 Å². The summed E-state index contributed by atoms with van der Waals surface area (Å²) in [5.41, 5.74) is 0. The Morgan fingerprint density at radius 3 is 2.71 bits per heavy atom. The highest BCUT2D eigenvalue weighted by molar-refractivity contribution is 5.86. The quantitative estimate of drug-likeness (QED) is 0.290. The standard InChI is InChI=1S/C9H16N2O3/c1-4-7(12)11-8(13)6-10-9(5-2)14-3/h4-5,8-10,13H,1-2,6H2,3H3,(H,11,12). The molecular formula is C9H16N2O3. The van der Waals surface area contributed by atoms with Gasteiger partial charge in [0.05, 0.1) is 0 Å². The SMILES string of the molecule is C=CC(=O)NC(O)CNC(C=C)OC. The number of carbonyl (C=O) groups is 1. The zero-order valence-corrected chi connectivity index (χ0v) is 8.19. The summed E-state index contributed by atoms with van der Waals surface area (Å²) in [6.07, 6.45) is 1.32. The molecule has 0 aromatic carbocycles. The molecule has 5 nitrogen and oxygen atoms in total. The van der Waals surface area contributed by atoms with E-state index in [9.17, 15) is 9.90 Å². The lowest BCUT2D eigenvalue weighted by atomic mass is 10.4. The predicted octanol–water partition coefficient (Wildman–Crippen LogP) is -0.645. The first kappa shape index (κ1) is 12.8. The Morgan fingerprint density at radius 1 is 1.64 bits per heavy atom. The van der Waals surface area contributed by atoms with Crippen molar-refractivity contribution in [2.24, 2.45) is 0 Å². The first-order valence-electron chi connectivity index (χ1n) is 4.13. The van der Waals surface area contributed by atoms with Crippen LogP contribution in [0.2, 0.25) is 0 Å². The van der Waals surface area contributed by atoms with E-state index in [1.807, 2.05) is 0 Å². The van der Waals surface area contributed by atoms with Crippen LogP contribution in [0.5, 0.6) is 0 Å². The number of rotatable bonds is 7. The molecule has 0 bridgehead atoms. The summed E-state index contributed by atoms with van der Waals surface area (Å²) < 4.78 is 4.91. The minimum atomic E-state index is -0.974. The minimum Gasteiger partial charge on any atom is -0.372 e. The van der Waals surface area contributed by atoms with Crippen LogP contribution in [0.3, 0.4) is 0 Å². The third kappa shape index (κ3) is 5.47. The van der Waals surface area contributed by atoms with Gasteiger partial charge in [-0.1, -0.05) is 13.2 Å². The van der Waals surface area contributed by atoms with Crippen LogP contribution < -0.4 is 10.6 Å². The van der Waals surface area contributed by atoms with E-state index in [-0.39, 0.29) is 12.8 Å². The molecule has 80 valence electrons. The van der Waals surface area contributed by atoms with Gasteiger partial charge in [-0.3, -0.25) is 10.1 Å². The van der Waals surface area contributed by atoms with E-state index in [0.29, 0.717) is 0 Å². The summed E-state index contributed by atoms with van der Waals surface area (Å²) >= 11 is 0. The lowest BCUT2D eigenvalue weighted by Gasteiger charge is -2.16. The van der Waals surface area contributed by atoms with Gasteiger partial charge in [0.1, 0.15) is 12.5 Å².